The number of benzene rings is 1. The second-order valence-corrected chi connectivity index (χ2v) is 4.60. The molecule has 0 saturated heterocycles. The summed E-state index contributed by atoms with van der Waals surface area (Å²) in [5, 5.41) is 4.52. The van der Waals surface area contributed by atoms with Crippen LogP contribution in [0.1, 0.15) is 12.6 Å². The zero-order chi connectivity index (χ0) is 13.8. The molecule has 2 rings (SSSR count). The minimum atomic E-state index is -0.292. The van der Waals surface area contributed by atoms with Gasteiger partial charge in [-0.3, -0.25) is 4.98 Å². The molecule has 0 aliphatic heterocycles. The number of para-hydroxylation sites is 1. The molecule has 0 fully saturated rings. The molecule has 4 nitrogen and oxygen atoms in total. The van der Waals surface area contributed by atoms with Gasteiger partial charge in [-0.25, -0.2) is 0 Å². The van der Waals surface area contributed by atoms with Crippen molar-refractivity contribution in [3.63, 3.8) is 0 Å². The predicted molar refractivity (Wildman–Crippen MR) is 77.4 cm³/mol. The normalized spacial score (nSPS) is 12.9. The van der Waals surface area contributed by atoms with Crippen molar-refractivity contribution in [1.29, 1.82) is 0 Å². The lowest BCUT2D eigenvalue weighted by atomic mass is 10.1. The maximum Gasteiger partial charge on any atom is 0.176 e. The number of hydrogen-bond donors (Lipinski definition) is 1. The van der Waals surface area contributed by atoms with Gasteiger partial charge in [0.25, 0.3) is 0 Å². The SMILES string of the molecule is COC(OC)C(C)Nc1cccc2ccc(C)nc12. The fourth-order valence-corrected chi connectivity index (χ4v) is 2.18. The third-order valence-corrected chi connectivity index (χ3v) is 3.12. The standard InChI is InChI=1S/C15H20N2O2/c1-10-8-9-12-6-5-7-13(14(12)16-10)17-11(2)15(18-3)19-4/h5-9,11,15,17H,1-4H3. The van der Waals surface area contributed by atoms with Crippen LogP contribution in [-0.2, 0) is 9.47 Å². The first-order valence-corrected chi connectivity index (χ1v) is 6.34. The van der Waals surface area contributed by atoms with E-state index >= 15 is 0 Å². The summed E-state index contributed by atoms with van der Waals surface area (Å²) in [6.45, 7) is 4.01. The maximum absolute atomic E-state index is 5.26. The van der Waals surface area contributed by atoms with Crippen LogP contribution in [0.5, 0.6) is 0 Å². The van der Waals surface area contributed by atoms with Crippen molar-refractivity contribution < 1.29 is 9.47 Å². The summed E-state index contributed by atoms with van der Waals surface area (Å²) >= 11 is 0. The van der Waals surface area contributed by atoms with E-state index in [1.165, 1.54) is 0 Å². The average molecular weight is 260 g/mol. The number of aromatic nitrogens is 1. The third-order valence-electron chi connectivity index (χ3n) is 3.12. The lowest BCUT2D eigenvalue weighted by Gasteiger charge is -2.23. The van der Waals surface area contributed by atoms with E-state index in [4.69, 9.17) is 9.47 Å². The fourth-order valence-electron chi connectivity index (χ4n) is 2.18. The molecule has 1 atom stereocenters. The number of hydrogen-bond acceptors (Lipinski definition) is 4. The van der Waals surface area contributed by atoms with Crippen LogP contribution in [0.25, 0.3) is 10.9 Å². The minimum absolute atomic E-state index is 0.0305. The van der Waals surface area contributed by atoms with Crippen LogP contribution in [0.15, 0.2) is 30.3 Å². The quantitative estimate of drug-likeness (QED) is 0.839. The lowest BCUT2D eigenvalue weighted by molar-refractivity contribution is -0.109. The van der Waals surface area contributed by atoms with Crippen LogP contribution in [-0.4, -0.2) is 31.5 Å². The lowest BCUT2D eigenvalue weighted by Crippen LogP contribution is -2.33. The van der Waals surface area contributed by atoms with E-state index in [-0.39, 0.29) is 12.3 Å². The molecular weight excluding hydrogens is 240 g/mol. The van der Waals surface area contributed by atoms with Crippen molar-refractivity contribution >= 4 is 16.6 Å². The van der Waals surface area contributed by atoms with E-state index in [9.17, 15) is 0 Å². The molecular formula is C15H20N2O2. The van der Waals surface area contributed by atoms with Crippen molar-refractivity contribution in [1.82, 2.24) is 4.98 Å². The van der Waals surface area contributed by atoms with E-state index in [2.05, 4.69) is 22.4 Å². The number of rotatable bonds is 5. The molecule has 0 amide bonds. The summed E-state index contributed by atoms with van der Waals surface area (Å²) in [4.78, 5) is 4.60. The zero-order valence-corrected chi connectivity index (χ0v) is 11.8. The Bertz CT molecular complexity index is 553. The molecule has 0 spiro atoms. The van der Waals surface area contributed by atoms with E-state index < -0.39 is 0 Å². The Morgan fingerprint density at radius 1 is 1.11 bits per heavy atom. The molecule has 1 unspecified atom stereocenters. The highest BCUT2D eigenvalue weighted by Crippen LogP contribution is 2.23. The molecule has 19 heavy (non-hydrogen) atoms. The second kappa shape index (κ2) is 5.99. The highest BCUT2D eigenvalue weighted by atomic mass is 16.7. The monoisotopic (exact) mass is 260 g/mol. The Morgan fingerprint density at radius 2 is 1.84 bits per heavy atom. The summed E-state index contributed by atoms with van der Waals surface area (Å²) in [7, 11) is 3.27. The number of ether oxygens (including phenoxy) is 2. The van der Waals surface area contributed by atoms with Gasteiger partial charge in [-0.15, -0.1) is 0 Å². The number of nitrogens with zero attached hydrogens (tertiary/aromatic N) is 1. The molecule has 0 radical (unpaired) electrons. The molecule has 1 N–H and O–H groups in total. The Morgan fingerprint density at radius 3 is 2.53 bits per heavy atom. The van der Waals surface area contributed by atoms with Gasteiger partial charge >= 0.3 is 0 Å². The summed E-state index contributed by atoms with van der Waals surface area (Å²) in [6, 6.07) is 10.2. The topological polar surface area (TPSA) is 43.4 Å². The summed E-state index contributed by atoms with van der Waals surface area (Å²) in [5.41, 5.74) is 2.97. The van der Waals surface area contributed by atoms with Crippen LogP contribution in [0.3, 0.4) is 0 Å². The van der Waals surface area contributed by atoms with Crippen molar-refractivity contribution in [2.75, 3.05) is 19.5 Å². The number of aryl methyl sites for hydroxylation is 1. The van der Waals surface area contributed by atoms with Gasteiger partial charge in [0.05, 0.1) is 17.2 Å². The van der Waals surface area contributed by atoms with Gasteiger partial charge in [0, 0.05) is 25.3 Å². The Hall–Kier alpha value is -1.65. The van der Waals surface area contributed by atoms with Crippen molar-refractivity contribution in [3.05, 3.63) is 36.0 Å². The number of anilines is 1. The van der Waals surface area contributed by atoms with Crippen molar-refractivity contribution in [3.8, 4) is 0 Å². The molecule has 0 aliphatic rings. The molecule has 0 saturated carbocycles. The highest BCUT2D eigenvalue weighted by molar-refractivity contribution is 5.90. The second-order valence-electron chi connectivity index (χ2n) is 4.60. The number of pyridine rings is 1. The maximum atomic E-state index is 5.26. The van der Waals surface area contributed by atoms with Gasteiger partial charge in [-0.1, -0.05) is 18.2 Å². The smallest absolute Gasteiger partial charge is 0.176 e. The van der Waals surface area contributed by atoms with Gasteiger partial charge < -0.3 is 14.8 Å². The summed E-state index contributed by atoms with van der Waals surface area (Å²) in [5.74, 6) is 0. The fraction of sp³-hybridized carbons (Fsp3) is 0.400. The third kappa shape index (κ3) is 3.03. The van der Waals surface area contributed by atoms with Crippen molar-refractivity contribution in [2.24, 2.45) is 0 Å². The molecule has 2 aromatic rings. The Labute approximate surface area is 113 Å². The Balaban J connectivity index is 2.32. The molecule has 4 heteroatoms. The van der Waals surface area contributed by atoms with Crippen LogP contribution in [0.4, 0.5) is 5.69 Å². The molecule has 1 aromatic heterocycles. The van der Waals surface area contributed by atoms with Gasteiger partial charge in [-0.05, 0) is 26.0 Å². The first-order chi connectivity index (χ1) is 9.15. The van der Waals surface area contributed by atoms with Gasteiger partial charge in [-0.2, -0.15) is 0 Å². The van der Waals surface area contributed by atoms with E-state index in [1.807, 2.05) is 32.0 Å². The molecule has 102 valence electrons. The predicted octanol–water partition coefficient (Wildman–Crippen LogP) is 2.96. The Kier molecular flexibility index (Phi) is 4.35. The first kappa shape index (κ1) is 13.8. The molecule has 0 aliphatic carbocycles. The molecule has 0 bridgehead atoms. The number of nitrogens with one attached hydrogen (secondary N) is 1. The van der Waals surface area contributed by atoms with E-state index in [0.717, 1.165) is 22.3 Å². The molecule has 1 aromatic carbocycles. The first-order valence-electron chi connectivity index (χ1n) is 6.34. The summed E-state index contributed by atoms with van der Waals surface area (Å²) < 4.78 is 10.5. The average Bonchev–Trinajstić information content (AvgIpc) is 2.41. The van der Waals surface area contributed by atoms with Crippen molar-refractivity contribution in [2.45, 2.75) is 26.2 Å². The largest absolute Gasteiger partial charge is 0.376 e. The van der Waals surface area contributed by atoms with Crippen LogP contribution in [0.2, 0.25) is 0 Å². The molecule has 1 heterocycles. The zero-order valence-electron chi connectivity index (χ0n) is 11.8. The van der Waals surface area contributed by atoms with E-state index in [1.54, 1.807) is 14.2 Å². The van der Waals surface area contributed by atoms with Gasteiger partial charge in [0.2, 0.25) is 0 Å². The highest BCUT2D eigenvalue weighted by Gasteiger charge is 2.16. The van der Waals surface area contributed by atoms with Crippen LogP contribution < -0.4 is 5.32 Å². The number of fused-ring (bicyclic) bond motifs is 1. The van der Waals surface area contributed by atoms with Crippen LogP contribution >= 0.6 is 0 Å². The minimum Gasteiger partial charge on any atom is -0.376 e. The van der Waals surface area contributed by atoms with Gasteiger partial charge in [0.15, 0.2) is 6.29 Å². The van der Waals surface area contributed by atoms with E-state index in [0.29, 0.717) is 0 Å². The van der Waals surface area contributed by atoms with Gasteiger partial charge in [0.1, 0.15) is 0 Å². The number of methoxy groups -OCH3 is 2. The van der Waals surface area contributed by atoms with Crippen LogP contribution in [0, 0.1) is 6.92 Å². The summed E-state index contributed by atoms with van der Waals surface area (Å²) in [6.07, 6.45) is -0.292.